The average Bonchev–Trinajstić information content (AvgIpc) is 3.18. The van der Waals surface area contributed by atoms with Gasteiger partial charge in [0, 0.05) is 17.9 Å². The zero-order valence-electron chi connectivity index (χ0n) is 17.4. The fourth-order valence-corrected chi connectivity index (χ4v) is 3.92. The molecule has 2 aromatic heterocycles. The maximum Gasteiger partial charge on any atom is 0.336 e. The number of nitrogens with zero attached hydrogens (tertiary/aromatic N) is 4. The second-order valence-corrected chi connectivity index (χ2v) is 8.19. The van der Waals surface area contributed by atoms with E-state index in [2.05, 4.69) is 25.9 Å². The van der Waals surface area contributed by atoms with Crippen molar-refractivity contribution in [3.8, 4) is 17.2 Å². The molecule has 0 radical (unpaired) electrons. The summed E-state index contributed by atoms with van der Waals surface area (Å²) in [5, 5.41) is 24.1. The first-order chi connectivity index (χ1) is 16.5. The van der Waals surface area contributed by atoms with E-state index in [1.165, 1.54) is 16.0 Å². The van der Waals surface area contributed by atoms with Crippen LogP contribution < -0.4 is 20.1 Å². The minimum atomic E-state index is -1.23. The van der Waals surface area contributed by atoms with Crippen LogP contribution in [0.2, 0.25) is 0 Å². The Labute approximate surface area is 195 Å². The molecule has 0 bridgehead atoms. The van der Waals surface area contributed by atoms with Crippen molar-refractivity contribution in [1.29, 1.82) is 0 Å². The molecule has 2 amide bonds. The smallest absolute Gasteiger partial charge is 0.336 e. The van der Waals surface area contributed by atoms with Crippen LogP contribution in [-0.2, 0) is 32.1 Å². The Morgan fingerprint density at radius 2 is 2.06 bits per heavy atom. The Hall–Kier alpha value is -4.04. The van der Waals surface area contributed by atoms with Gasteiger partial charge in [0.25, 0.3) is 5.91 Å². The molecule has 1 aromatic carbocycles. The van der Waals surface area contributed by atoms with E-state index in [0.717, 1.165) is 0 Å². The van der Waals surface area contributed by atoms with E-state index in [4.69, 9.17) is 19.3 Å². The molecule has 0 spiro atoms. The normalized spacial score (nSPS) is 18.8. The number of carboxylic acid groups (broad SMARTS) is 1. The van der Waals surface area contributed by atoms with E-state index in [1.54, 1.807) is 35.3 Å². The average molecular weight is 486 g/mol. The summed E-state index contributed by atoms with van der Waals surface area (Å²) in [7, 11) is 0. The zero-order valence-corrected chi connectivity index (χ0v) is 18.2. The molecule has 3 atom stereocenters. The van der Waals surface area contributed by atoms with Crippen molar-refractivity contribution in [2.75, 3.05) is 6.79 Å². The Morgan fingerprint density at radius 1 is 1.21 bits per heavy atom. The van der Waals surface area contributed by atoms with Gasteiger partial charge in [0.05, 0.1) is 29.6 Å². The van der Waals surface area contributed by atoms with E-state index < -0.39 is 36.0 Å². The van der Waals surface area contributed by atoms with Crippen LogP contribution in [0.15, 0.2) is 35.3 Å². The van der Waals surface area contributed by atoms with Crippen LogP contribution in [0.4, 0.5) is 0 Å². The van der Waals surface area contributed by atoms with Crippen molar-refractivity contribution in [3.63, 3.8) is 0 Å². The highest BCUT2D eigenvalue weighted by molar-refractivity contribution is 7.07. The molecule has 176 valence electrons. The number of nitrogens with one attached hydrogen (secondary N) is 2. The molecule has 0 unspecified atom stereocenters. The summed E-state index contributed by atoms with van der Waals surface area (Å²) in [5.74, 6) is -1.13. The number of carbonyl (C=O) groups is 3. The zero-order chi connectivity index (χ0) is 23.7. The van der Waals surface area contributed by atoms with Crippen LogP contribution in [0, 0.1) is 0 Å². The highest BCUT2D eigenvalue weighted by atomic mass is 32.1. The molecular weight excluding hydrogens is 468 g/mol. The lowest BCUT2D eigenvalue weighted by Crippen LogP contribution is -2.49. The van der Waals surface area contributed by atoms with E-state index in [-0.39, 0.29) is 19.8 Å². The second kappa shape index (κ2) is 9.07. The van der Waals surface area contributed by atoms with Crippen molar-refractivity contribution in [1.82, 2.24) is 30.6 Å². The lowest BCUT2D eigenvalue weighted by molar-refractivity contribution is -0.138. The summed E-state index contributed by atoms with van der Waals surface area (Å²) in [6, 6.07) is 4.36. The maximum atomic E-state index is 12.8. The van der Waals surface area contributed by atoms with Crippen LogP contribution in [0.1, 0.15) is 11.4 Å². The number of fused-ring (bicyclic) bond motifs is 1. The Balaban J connectivity index is 1.22. The second-order valence-electron chi connectivity index (χ2n) is 7.47. The molecule has 3 aromatic rings. The summed E-state index contributed by atoms with van der Waals surface area (Å²) in [6.07, 6.45) is -0.532. The number of ether oxygens (including phenoxy) is 3. The van der Waals surface area contributed by atoms with Gasteiger partial charge in [0.2, 0.25) is 12.7 Å². The van der Waals surface area contributed by atoms with E-state index >= 15 is 0 Å². The van der Waals surface area contributed by atoms with Gasteiger partial charge >= 0.3 is 5.97 Å². The molecule has 34 heavy (non-hydrogen) atoms. The summed E-state index contributed by atoms with van der Waals surface area (Å²) in [6.45, 7) is 0.223. The number of carbonyl (C=O) groups excluding carboxylic acids is 2. The van der Waals surface area contributed by atoms with Gasteiger partial charge in [0.1, 0.15) is 11.7 Å². The number of rotatable bonds is 9. The fourth-order valence-electron chi connectivity index (χ4n) is 3.34. The van der Waals surface area contributed by atoms with E-state index in [0.29, 0.717) is 28.6 Å². The number of carboxylic acids is 1. The van der Waals surface area contributed by atoms with Gasteiger partial charge in [-0.3, -0.25) is 9.59 Å². The predicted molar refractivity (Wildman–Crippen MR) is 113 cm³/mol. The van der Waals surface area contributed by atoms with E-state index in [9.17, 15) is 14.4 Å². The summed E-state index contributed by atoms with van der Waals surface area (Å²) >= 11 is 1.36. The van der Waals surface area contributed by atoms with Gasteiger partial charge in [-0.15, -0.1) is 16.4 Å². The SMILES string of the molecule is O=C(NCc1cn(-c2ccc3c(c2)OCO3)nn1)[C@H](Cc1cscn1)NC(=O)[C@H]1O[C@@H]1C(=O)O. The minimum Gasteiger partial charge on any atom is -0.479 e. The number of thiazole rings is 1. The predicted octanol–water partition coefficient (Wildman–Crippen LogP) is -0.352. The van der Waals surface area contributed by atoms with Crippen molar-refractivity contribution in [3.05, 3.63) is 46.7 Å². The van der Waals surface area contributed by atoms with Gasteiger partial charge in [0.15, 0.2) is 23.7 Å². The highest BCUT2D eigenvalue weighted by Crippen LogP contribution is 2.33. The van der Waals surface area contributed by atoms with Crippen LogP contribution in [-0.4, -0.2) is 67.9 Å². The monoisotopic (exact) mass is 486 g/mol. The molecule has 0 aliphatic carbocycles. The molecule has 13 nitrogen and oxygen atoms in total. The fraction of sp³-hybridized carbons (Fsp3) is 0.300. The van der Waals surface area contributed by atoms with Crippen molar-refractivity contribution in [2.24, 2.45) is 0 Å². The first kappa shape index (κ1) is 21.8. The van der Waals surface area contributed by atoms with Crippen LogP contribution in [0.3, 0.4) is 0 Å². The molecule has 0 saturated carbocycles. The number of hydrogen-bond donors (Lipinski definition) is 3. The van der Waals surface area contributed by atoms with Crippen LogP contribution >= 0.6 is 11.3 Å². The van der Waals surface area contributed by atoms with Gasteiger partial charge < -0.3 is 30.0 Å². The number of hydrogen-bond acceptors (Lipinski definition) is 10. The quantitative estimate of drug-likeness (QED) is 0.340. The molecule has 14 heteroatoms. The minimum absolute atomic E-state index is 0.0600. The van der Waals surface area contributed by atoms with Crippen molar-refractivity contribution in [2.45, 2.75) is 31.2 Å². The van der Waals surface area contributed by atoms with Crippen LogP contribution in [0.5, 0.6) is 11.5 Å². The van der Waals surface area contributed by atoms with Gasteiger partial charge in [-0.1, -0.05) is 5.21 Å². The van der Waals surface area contributed by atoms with Crippen molar-refractivity contribution >= 4 is 29.1 Å². The molecule has 4 heterocycles. The topological polar surface area (TPSA) is 170 Å². The van der Waals surface area contributed by atoms with Crippen molar-refractivity contribution < 1.29 is 33.7 Å². The largest absolute Gasteiger partial charge is 0.479 e. The summed E-state index contributed by atoms with van der Waals surface area (Å²) in [5.41, 5.74) is 3.43. The third-order valence-corrected chi connectivity index (χ3v) is 5.76. The molecule has 2 aliphatic heterocycles. The van der Waals surface area contributed by atoms with E-state index in [1.807, 2.05) is 0 Å². The lowest BCUT2D eigenvalue weighted by Gasteiger charge is -2.17. The van der Waals surface area contributed by atoms with Gasteiger partial charge in [-0.05, 0) is 12.1 Å². The standard InChI is InChI=1S/C20H18N6O7S/c27-18(13(3-10-7-34-8-22-10)23-19(28)16-17(33-16)20(29)30)21-5-11-6-26(25-24-11)12-1-2-14-15(4-12)32-9-31-14/h1-2,4,6-8,13,16-17H,3,5,9H2,(H,21,27)(H,23,28)(H,29,30)/t13-,16-,17-/m0/s1. The number of aromatic nitrogens is 4. The summed E-state index contributed by atoms with van der Waals surface area (Å²) < 4.78 is 17.1. The van der Waals surface area contributed by atoms with Crippen LogP contribution in [0.25, 0.3) is 5.69 Å². The number of aliphatic carboxylic acids is 1. The number of benzene rings is 1. The third kappa shape index (κ3) is 4.67. The highest BCUT2D eigenvalue weighted by Gasteiger charge is 2.51. The molecule has 3 N–H and O–H groups in total. The summed E-state index contributed by atoms with van der Waals surface area (Å²) in [4.78, 5) is 40.3. The maximum absolute atomic E-state index is 12.8. The third-order valence-electron chi connectivity index (χ3n) is 5.13. The molecule has 5 rings (SSSR count). The molecule has 1 saturated heterocycles. The first-order valence-electron chi connectivity index (χ1n) is 10.1. The number of amides is 2. The lowest BCUT2D eigenvalue weighted by atomic mass is 10.1. The molecular formula is C20H18N6O7S. The first-order valence-corrected chi connectivity index (χ1v) is 11.1. The number of epoxide rings is 1. The Morgan fingerprint density at radius 3 is 2.82 bits per heavy atom. The van der Waals surface area contributed by atoms with Gasteiger partial charge in [-0.25, -0.2) is 14.5 Å². The van der Waals surface area contributed by atoms with Gasteiger partial charge in [-0.2, -0.15) is 0 Å². The Kier molecular flexibility index (Phi) is 5.81. The molecule has 1 fully saturated rings. The Bertz CT molecular complexity index is 1230. The molecule has 2 aliphatic rings.